The fourth-order valence-corrected chi connectivity index (χ4v) is 4.24. The van der Waals surface area contributed by atoms with Crippen LogP contribution in [0.25, 0.3) is 11.0 Å². The van der Waals surface area contributed by atoms with Crippen LogP contribution in [0.4, 0.5) is 10.5 Å². The van der Waals surface area contributed by atoms with Crippen LogP contribution < -0.4 is 5.32 Å². The molecule has 3 aliphatic rings. The molecule has 6 nitrogen and oxygen atoms in total. The first-order valence-electron chi connectivity index (χ1n) is 9.33. The first-order valence-corrected chi connectivity index (χ1v) is 9.33. The molecule has 5 rings (SSSR count). The van der Waals surface area contributed by atoms with Gasteiger partial charge in [0, 0.05) is 38.0 Å². The molecule has 3 saturated heterocycles. The lowest BCUT2D eigenvalue weighted by Gasteiger charge is -2.32. The van der Waals surface area contributed by atoms with E-state index in [1.165, 1.54) is 0 Å². The van der Waals surface area contributed by atoms with Gasteiger partial charge in [-0.25, -0.2) is 4.79 Å². The molecule has 2 bridgehead atoms. The van der Waals surface area contributed by atoms with Crippen LogP contribution in [0.1, 0.15) is 31.1 Å². The largest absolute Gasteiger partial charge is 0.459 e. The molecule has 0 radical (unpaired) electrons. The minimum atomic E-state index is -0.162. The summed E-state index contributed by atoms with van der Waals surface area (Å²) in [6.45, 7) is 5.17. The number of fused-ring (bicyclic) bond motifs is 5. The fourth-order valence-electron chi connectivity index (χ4n) is 4.24. The maximum Gasteiger partial charge on any atom is 0.322 e. The van der Waals surface area contributed by atoms with E-state index in [1.807, 2.05) is 37.1 Å². The standard InChI is InChI=1S/C20H25N3O3/c1-4-17-12(2)15-6-5-7-16(18(15)26-17)21-20(25)23-10-13-8-9-14(11-23)22(3)19(13)24/h5-7,13-14H,4,8-11H2,1-3H3,(H,21,25)/t13-,14+/m1/s1. The van der Waals surface area contributed by atoms with Crippen molar-refractivity contribution in [2.45, 2.75) is 39.2 Å². The minimum Gasteiger partial charge on any atom is -0.459 e. The van der Waals surface area contributed by atoms with E-state index >= 15 is 0 Å². The lowest BCUT2D eigenvalue weighted by atomic mass is 9.95. The molecule has 0 aliphatic carbocycles. The van der Waals surface area contributed by atoms with E-state index < -0.39 is 0 Å². The second-order valence-corrected chi connectivity index (χ2v) is 7.40. The quantitative estimate of drug-likeness (QED) is 0.898. The van der Waals surface area contributed by atoms with Crippen LogP contribution in [0.15, 0.2) is 22.6 Å². The minimum absolute atomic E-state index is 0.0853. The van der Waals surface area contributed by atoms with E-state index in [1.54, 1.807) is 4.90 Å². The third-order valence-corrected chi connectivity index (χ3v) is 5.88. The number of urea groups is 1. The Kier molecular flexibility index (Phi) is 4.13. The van der Waals surface area contributed by atoms with E-state index in [0.717, 1.165) is 41.6 Å². The summed E-state index contributed by atoms with van der Waals surface area (Å²) < 4.78 is 5.99. The molecule has 0 unspecified atom stereocenters. The molecule has 1 aromatic carbocycles. The van der Waals surface area contributed by atoms with E-state index in [0.29, 0.717) is 18.8 Å². The van der Waals surface area contributed by atoms with Crippen molar-refractivity contribution in [3.05, 3.63) is 29.5 Å². The first kappa shape index (κ1) is 16.9. The molecule has 6 heteroatoms. The molecule has 2 atom stereocenters. The topological polar surface area (TPSA) is 65.8 Å². The van der Waals surface area contributed by atoms with E-state index in [2.05, 4.69) is 12.2 Å². The number of aryl methyl sites for hydroxylation is 2. The number of para-hydroxylation sites is 1. The van der Waals surface area contributed by atoms with Gasteiger partial charge in [0.1, 0.15) is 5.76 Å². The molecule has 3 amide bonds. The van der Waals surface area contributed by atoms with Gasteiger partial charge in [-0.15, -0.1) is 0 Å². The van der Waals surface area contributed by atoms with Gasteiger partial charge in [-0.2, -0.15) is 0 Å². The Hall–Kier alpha value is -2.50. The van der Waals surface area contributed by atoms with Crippen molar-refractivity contribution >= 4 is 28.6 Å². The van der Waals surface area contributed by atoms with Gasteiger partial charge in [-0.05, 0) is 31.4 Å². The lowest BCUT2D eigenvalue weighted by molar-refractivity contribution is -0.138. The highest BCUT2D eigenvalue weighted by molar-refractivity contribution is 6.00. The van der Waals surface area contributed by atoms with Crippen LogP contribution in [0.3, 0.4) is 0 Å². The molecule has 0 saturated carbocycles. The van der Waals surface area contributed by atoms with Crippen molar-refractivity contribution in [3.63, 3.8) is 0 Å². The third kappa shape index (κ3) is 2.64. The van der Waals surface area contributed by atoms with Crippen LogP contribution in [0.2, 0.25) is 0 Å². The summed E-state index contributed by atoms with van der Waals surface area (Å²) in [5.74, 6) is 1.02. The Morgan fingerprint density at radius 2 is 2.12 bits per heavy atom. The third-order valence-electron chi connectivity index (χ3n) is 5.88. The van der Waals surface area contributed by atoms with Crippen molar-refractivity contribution in [1.82, 2.24) is 9.80 Å². The second-order valence-electron chi connectivity index (χ2n) is 7.40. The summed E-state index contributed by atoms with van der Waals surface area (Å²) in [6.07, 6.45) is 2.64. The van der Waals surface area contributed by atoms with Gasteiger partial charge < -0.3 is 19.5 Å². The van der Waals surface area contributed by atoms with Crippen LogP contribution in [-0.2, 0) is 11.2 Å². The second kappa shape index (κ2) is 6.34. The summed E-state index contributed by atoms with van der Waals surface area (Å²) in [5.41, 5.74) is 2.53. The van der Waals surface area contributed by atoms with Gasteiger partial charge >= 0.3 is 6.03 Å². The number of nitrogens with one attached hydrogen (secondary N) is 1. The molecule has 2 aromatic rings. The average molecular weight is 355 g/mol. The molecule has 26 heavy (non-hydrogen) atoms. The zero-order valence-electron chi connectivity index (χ0n) is 15.5. The number of nitrogens with zero attached hydrogens (tertiary/aromatic N) is 2. The predicted molar refractivity (Wildman–Crippen MR) is 100 cm³/mol. The summed E-state index contributed by atoms with van der Waals surface area (Å²) >= 11 is 0. The van der Waals surface area contributed by atoms with Crippen molar-refractivity contribution < 1.29 is 14.0 Å². The van der Waals surface area contributed by atoms with Gasteiger partial charge in [-0.3, -0.25) is 4.79 Å². The molecule has 1 aromatic heterocycles. The number of furan rings is 1. The Morgan fingerprint density at radius 1 is 1.31 bits per heavy atom. The maximum absolute atomic E-state index is 12.9. The Bertz CT molecular complexity index is 873. The molecule has 0 spiro atoms. The molecular formula is C20H25N3O3. The number of amides is 3. The van der Waals surface area contributed by atoms with Gasteiger partial charge in [0.15, 0.2) is 5.58 Å². The lowest BCUT2D eigenvalue weighted by Crippen LogP contribution is -2.45. The fraction of sp³-hybridized carbons (Fsp3) is 0.500. The molecule has 4 heterocycles. The highest BCUT2D eigenvalue weighted by Crippen LogP contribution is 2.32. The van der Waals surface area contributed by atoms with Gasteiger partial charge in [0.25, 0.3) is 0 Å². The molecule has 1 N–H and O–H groups in total. The Balaban J connectivity index is 1.59. The van der Waals surface area contributed by atoms with E-state index in [9.17, 15) is 9.59 Å². The molecule has 138 valence electrons. The van der Waals surface area contributed by atoms with Crippen molar-refractivity contribution in [3.8, 4) is 0 Å². The number of carbonyl (C=O) groups is 2. The normalized spacial score (nSPS) is 22.8. The summed E-state index contributed by atoms with van der Waals surface area (Å²) in [4.78, 5) is 28.8. The predicted octanol–water partition coefficient (Wildman–Crippen LogP) is 3.39. The zero-order valence-corrected chi connectivity index (χ0v) is 15.5. The molecule has 3 aliphatic heterocycles. The Morgan fingerprint density at radius 3 is 2.88 bits per heavy atom. The van der Waals surface area contributed by atoms with Gasteiger partial charge in [0.2, 0.25) is 5.91 Å². The highest BCUT2D eigenvalue weighted by Gasteiger charge is 2.40. The number of rotatable bonds is 2. The zero-order chi connectivity index (χ0) is 18.4. The van der Waals surface area contributed by atoms with Crippen molar-refractivity contribution in [2.75, 3.05) is 25.5 Å². The average Bonchev–Trinajstić information content (AvgIpc) is 2.79. The smallest absolute Gasteiger partial charge is 0.322 e. The molecule has 3 fully saturated rings. The van der Waals surface area contributed by atoms with Crippen LogP contribution in [0.5, 0.6) is 0 Å². The summed E-state index contributed by atoms with van der Waals surface area (Å²) in [5, 5.41) is 4.04. The first-order chi connectivity index (χ1) is 12.5. The van der Waals surface area contributed by atoms with Crippen molar-refractivity contribution in [2.24, 2.45) is 5.92 Å². The number of likely N-dealkylation sites (N-methyl/N-ethyl adjacent to an activating group) is 1. The number of benzene rings is 1. The Labute approximate surface area is 153 Å². The summed E-state index contributed by atoms with van der Waals surface area (Å²) in [7, 11) is 1.85. The number of hydrogen-bond acceptors (Lipinski definition) is 3. The van der Waals surface area contributed by atoms with Crippen LogP contribution in [-0.4, -0.2) is 47.9 Å². The van der Waals surface area contributed by atoms with Crippen LogP contribution >= 0.6 is 0 Å². The van der Waals surface area contributed by atoms with Gasteiger partial charge in [-0.1, -0.05) is 19.1 Å². The monoisotopic (exact) mass is 355 g/mol. The van der Waals surface area contributed by atoms with E-state index in [4.69, 9.17) is 4.42 Å². The number of carbonyl (C=O) groups excluding carboxylic acids is 2. The molecular weight excluding hydrogens is 330 g/mol. The van der Waals surface area contributed by atoms with Crippen molar-refractivity contribution in [1.29, 1.82) is 0 Å². The number of hydrogen-bond donors (Lipinski definition) is 1. The summed E-state index contributed by atoms with van der Waals surface area (Å²) in [6, 6.07) is 5.77. The number of piperidine rings is 1. The SMILES string of the molecule is CCc1oc2c(NC(=O)N3C[C@H]4CC[C@@H](C3)N(C)C4=O)cccc2c1C. The number of anilines is 1. The maximum atomic E-state index is 12.9. The van der Waals surface area contributed by atoms with Crippen LogP contribution in [0, 0.1) is 12.8 Å². The van der Waals surface area contributed by atoms with Gasteiger partial charge in [0.05, 0.1) is 11.6 Å². The highest BCUT2D eigenvalue weighted by atomic mass is 16.3. The van der Waals surface area contributed by atoms with E-state index in [-0.39, 0.29) is 23.9 Å².